The Bertz CT molecular complexity index is 1200. The third-order valence-electron chi connectivity index (χ3n) is 4.70. The number of pyridine rings is 1. The maximum atomic E-state index is 9.73. The molecule has 4 rings (SSSR count). The molecule has 4 aromatic rings. The molecule has 0 amide bonds. The third kappa shape index (κ3) is 4.13. The van der Waals surface area contributed by atoms with E-state index < -0.39 is 0 Å². The summed E-state index contributed by atoms with van der Waals surface area (Å²) in [6, 6.07) is 25.7. The lowest BCUT2D eigenvalue weighted by atomic mass is 10.0. The Morgan fingerprint density at radius 1 is 1.03 bits per heavy atom. The molecule has 0 spiro atoms. The van der Waals surface area contributed by atoms with Crippen molar-refractivity contribution < 1.29 is 4.74 Å². The first-order valence-electron chi connectivity index (χ1n) is 9.56. The lowest BCUT2D eigenvalue weighted by Crippen LogP contribution is -2.00. The van der Waals surface area contributed by atoms with Gasteiger partial charge in [0.1, 0.15) is 17.5 Å². The van der Waals surface area contributed by atoms with Crippen LogP contribution in [-0.4, -0.2) is 21.9 Å². The first kappa shape index (κ1) is 19.2. The molecule has 0 N–H and O–H groups in total. The number of nitrogens with zero attached hydrogens (tertiary/aromatic N) is 4. The van der Waals surface area contributed by atoms with Crippen LogP contribution in [0, 0.1) is 11.3 Å². The van der Waals surface area contributed by atoms with Gasteiger partial charge < -0.3 is 4.74 Å². The van der Waals surface area contributed by atoms with Crippen LogP contribution < -0.4 is 4.74 Å². The summed E-state index contributed by atoms with van der Waals surface area (Å²) in [7, 11) is 1.64. The van der Waals surface area contributed by atoms with Gasteiger partial charge in [0, 0.05) is 23.5 Å². The van der Waals surface area contributed by atoms with E-state index in [9.17, 15) is 5.26 Å². The molecule has 5 heteroatoms. The van der Waals surface area contributed by atoms with Gasteiger partial charge in [-0.2, -0.15) is 10.4 Å². The maximum absolute atomic E-state index is 9.73. The van der Waals surface area contributed by atoms with Crippen LogP contribution in [0.25, 0.3) is 22.9 Å². The molecule has 0 unspecified atom stereocenters. The Hall–Kier alpha value is -4.17. The highest BCUT2D eigenvalue weighted by Gasteiger charge is 2.15. The van der Waals surface area contributed by atoms with Crippen molar-refractivity contribution in [2.75, 3.05) is 7.11 Å². The zero-order valence-corrected chi connectivity index (χ0v) is 16.6. The zero-order chi connectivity index (χ0) is 20.8. The monoisotopic (exact) mass is 392 g/mol. The lowest BCUT2D eigenvalue weighted by molar-refractivity contribution is 0.416. The Morgan fingerprint density at radius 3 is 2.53 bits per heavy atom. The average molecular weight is 392 g/mol. The van der Waals surface area contributed by atoms with Crippen molar-refractivity contribution in [3.63, 3.8) is 0 Å². The first-order valence-corrected chi connectivity index (χ1v) is 9.56. The second kappa shape index (κ2) is 8.89. The van der Waals surface area contributed by atoms with Gasteiger partial charge in [0.15, 0.2) is 0 Å². The molecule has 5 nitrogen and oxygen atoms in total. The van der Waals surface area contributed by atoms with Gasteiger partial charge >= 0.3 is 0 Å². The number of methoxy groups -OCH3 is 1. The molecule has 30 heavy (non-hydrogen) atoms. The van der Waals surface area contributed by atoms with Crippen LogP contribution in [0.5, 0.6) is 5.75 Å². The van der Waals surface area contributed by atoms with E-state index >= 15 is 0 Å². The van der Waals surface area contributed by atoms with Crippen molar-refractivity contribution in [3.8, 4) is 23.1 Å². The molecule has 0 atom stereocenters. The van der Waals surface area contributed by atoms with Crippen molar-refractivity contribution in [1.29, 1.82) is 5.26 Å². The van der Waals surface area contributed by atoms with Crippen LogP contribution in [0.4, 0.5) is 0 Å². The summed E-state index contributed by atoms with van der Waals surface area (Å²) < 4.78 is 7.44. The molecule has 0 saturated heterocycles. The predicted molar refractivity (Wildman–Crippen MR) is 117 cm³/mol. The minimum absolute atomic E-state index is 0.478. The summed E-state index contributed by atoms with van der Waals surface area (Å²) in [5, 5.41) is 14.6. The lowest BCUT2D eigenvalue weighted by Gasteiger charge is -2.07. The molecule has 0 saturated carbocycles. The van der Waals surface area contributed by atoms with Crippen molar-refractivity contribution in [2.24, 2.45) is 0 Å². The van der Waals surface area contributed by atoms with E-state index in [2.05, 4.69) is 23.2 Å². The number of benzene rings is 2. The first-order chi connectivity index (χ1) is 14.8. The average Bonchev–Trinajstić information content (AvgIpc) is 3.20. The van der Waals surface area contributed by atoms with E-state index in [1.54, 1.807) is 13.3 Å². The van der Waals surface area contributed by atoms with E-state index in [4.69, 9.17) is 9.84 Å². The second-order valence-corrected chi connectivity index (χ2v) is 6.70. The van der Waals surface area contributed by atoms with Gasteiger partial charge in [-0.3, -0.25) is 9.67 Å². The van der Waals surface area contributed by atoms with E-state index in [0.29, 0.717) is 17.8 Å². The number of para-hydroxylation sites is 1. The second-order valence-electron chi connectivity index (χ2n) is 6.70. The molecule has 2 heterocycles. The fraction of sp³-hybridized carbons (Fsp3) is 0.0800. The smallest absolute Gasteiger partial charge is 0.128 e. The molecule has 0 aliphatic heterocycles. The molecule has 0 aliphatic rings. The predicted octanol–water partition coefficient (Wildman–Crippen LogP) is 5.07. The number of aromatic nitrogens is 3. The molecular formula is C25H20N4O. The van der Waals surface area contributed by atoms with Gasteiger partial charge in [0.25, 0.3) is 0 Å². The van der Waals surface area contributed by atoms with Crippen LogP contribution in [0.1, 0.15) is 16.8 Å². The topological polar surface area (TPSA) is 63.7 Å². The fourth-order valence-corrected chi connectivity index (χ4v) is 3.28. The van der Waals surface area contributed by atoms with Gasteiger partial charge in [-0.25, -0.2) is 0 Å². The Balaban J connectivity index is 1.83. The highest BCUT2D eigenvalue weighted by molar-refractivity contribution is 5.91. The van der Waals surface area contributed by atoms with E-state index in [1.807, 2.05) is 77.6 Å². The zero-order valence-electron chi connectivity index (χ0n) is 16.6. The van der Waals surface area contributed by atoms with Gasteiger partial charge in [-0.1, -0.05) is 48.5 Å². The fourth-order valence-electron chi connectivity index (χ4n) is 3.28. The van der Waals surface area contributed by atoms with Crippen molar-refractivity contribution in [1.82, 2.24) is 14.8 Å². The van der Waals surface area contributed by atoms with Crippen molar-refractivity contribution in [3.05, 3.63) is 102 Å². The van der Waals surface area contributed by atoms with Crippen molar-refractivity contribution >= 4 is 11.6 Å². The summed E-state index contributed by atoms with van der Waals surface area (Å²) >= 11 is 0. The largest absolute Gasteiger partial charge is 0.496 e. The number of rotatable bonds is 6. The molecule has 146 valence electrons. The summed E-state index contributed by atoms with van der Waals surface area (Å²) in [6.45, 7) is 0.627. The molecule has 0 aliphatic carbocycles. The highest BCUT2D eigenvalue weighted by Crippen LogP contribution is 2.33. The number of nitriles is 1. The molecule has 0 radical (unpaired) electrons. The number of ether oxygens (including phenoxy) is 1. The molecule has 0 fully saturated rings. The Morgan fingerprint density at radius 2 is 1.80 bits per heavy atom. The van der Waals surface area contributed by atoms with E-state index in [-0.39, 0.29) is 0 Å². The van der Waals surface area contributed by atoms with Gasteiger partial charge in [-0.05, 0) is 35.9 Å². The molecule has 2 aromatic carbocycles. The van der Waals surface area contributed by atoms with Crippen LogP contribution in [0.3, 0.4) is 0 Å². The number of allylic oxidation sites excluding steroid dienone is 1. The molecule has 0 bridgehead atoms. The van der Waals surface area contributed by atoms with Crippen LogP contribution in [0.15, 0.2) is 85.2 Å². The number of hydrogen-bond donors (Lipinski definition) is 0. The van der Waals surface area contributed by atoms with Crippen LogP contribution >= 0.6 is 0 Å². The standard InChI is InChI=1S/C25H20N4O/c1-30-24-13-6-5-11-22(24)25-21(15-20(16-26)23-12-7-8-14-27-23)18-29(28-25)17-19-9-3-2-4-10-19/h2-15,18H,17H2,1H3/b20-15+. The summed E-state index contributed by atoms with van der Waals surface area (Å²) in [5.74, 6) is 0.730. The quantitative estimate of drug-likeness (QED) is 0.430. The van der Waals surface area contributed by atoms with Crippen LogP contribution in [0.2, 0.25) is 0 Å². The molecular weight excluding hydrogens is 372 g/mol. The number of hydrogen-bond acceptors (Lipinski definition) is 4. The Labute approximate surface area is 175 Å². The normalized spacial score (nSPS) is 11.1. The summed E-state index contributed by atoms with van der Waals surface area (Å²) in [5.41, 5.74) is 4.71. The summed E-state index contributed by atoms with van der Waals surface area (Å²) in [4.78, 5) is 4.31. The van der Waals surface area contributed by atoms with Crippen LogP contribution in [-0.2, 0) is 6.54 Å². The van der Waals surface area contributed by atoms with Gasteiger partial charge in [0.2, 0.25) is 0 Å². The molecule has 2 aromatic heterocycles. The van der Waals surface area contributed by atoms with E-state index in [0.717, 1.165) is 28.1 Å². The summed E-state index contributed by atoms with van der Waals surface area (Å²) in [6.07, 6.45) is 5.47. The third-order valence-corrected chi connectivity index (χ3v) is 4.70. The Kier molecular flexibility index (Phi) is 5.68. The highest BCUT2D eigenvalue weighted by atomic mass is 16.5. The SMILES string of the molecule is COc1ccccc1-c1nn(Cc2ccccc2)cc1/C=C(\C#N)c1ccccn1. The van der Waals surface area contributed by atoms with Gasteiger partial charge in [-0.15, -0.1) is 0 Å². The van der Waals surface area contributed by atoms with Gasteiger partial charge in [0.05, 0.1) is 24.9 Å². The van der Waals surface area contributed by atoms with Crippen molar-refractivity contribution in [2.45, 2.75) is 6.54 Å². The minimum Gasteiger partial charge on any atom is -0.496 e. The minimum atomic E-state index is 0.478. The van der Waals surface area contributed by atoms with E-state index in [1.165, 1.54) is 0 Å². The maximum Gasteiger partial charge on any atom is 0.128 e.